The van der Waals surface area contributed by atoms with Crippen molar-refractivity contribution in [1.82, 2.24) is 0 Å². The summed E-state index contributed by atoms with van der Waals surface area (Å²) < 4.78 is 19.1. The van der Waals surface area contributed by atoms with Crippen molar-refractivity contribution >= 4 is 22.6 Å². The number of ether oxygens (including phenoxy) is 1. The smallest absolute Gasteiger partial charge is 0.166 e. The third kappa shape index (κ3) is 1.19. The SMILES string of the molecule is N[C@@H]1COc2c(F)cc(I)cc21. The largest absolute Gasteiger partial charge is 0.488 e. The van der Waals surface area contributed by atoms with E-state index >= 15 is 0 Å². The van der Waals surface area contributed by atoms with Crippen molar-refractivity contribution in [3.8, 4) is 5.75 Å². The maximum atomic E-state index is 13.1. The maximum Gasteiger partial charge on any atom is 0.166 e. The topological polar surface area (TPSA) is 35.2 Å². The van der Waals surface area contributed by atoms with Gasteiger partial charge in [0.25, 0.3) is 0 Å². The molecular weight excluding hydrogens is 272 g/mol. The van der Waals surface area contributed by atoms with Gasteiger partial charge in [-0.3, -0.25) is 0 Å². The van der Waals surface area contributed by atoms with E-state index in [2.05, 4.69) is 22.6 Å². The highest BCUT2D eigenvalue weighted by molar-refractivity contribution is 14.1. The van der Waals surface area contributed by atoms with Crippen molar-refractivity contribution in [2.24, 2.45) is 5.73 Å². The molecule has 4 heteroatoms. The van der Waals surface area contributed by atoms with Crippen LogP contribution in [0.2, 0.25) is 0 Å². The molecule has 0 saturated carbocycles. The van der Waals surface area contributed by atoms with Gasteiger partial charge in [0.05, 0.1) is 6.04 Å². The molecule has 2 rings (SSSR count). The summed E-state index contributed by atoms with van der Waals surface area (Å²) >= 11 is 2.06. The quantitative estimate of drug-likeness (QED) is 0.735. The first kappa shape index (κ1) is 8.25. The molecular formula is C8H7FINO. The van der Waals surface area contributed by atoms with E-state index in [1.807, 2.05) is 6.07 Å². The number of halogens is 2. The molecule has 0 spiro atoms. The molecule has 0 saturated heterocycles. The number of nitrogens with two attached hydrogens (primary N) is 1. The van der Waals surface area contributed by atoms with Gasteiger partial charge in [-0.25, -0.2) is 4.39 Å². The van der Waals surface area contributed by atoms with Gasteiger partial charge in [0.15, 0.2) is 11.6 Å². The van der Waals surface area contributed by atoms with E-state index in [0.29, 0.717) is 12.4 Å². The lowest BCUT2D eigenvalue weighted by atomic mass is 10.1. The fourth-order valence-electron chi connectivity index (χ4n) is 1.27. The van der Waals surface area contributed by atoms with Gasteiger partial charge in [-0.15, -0.1) is 0 Å². The first-order valence-electron chi connectivity index (χ1n) is 3.56. The summed E-state index contributed by atoms with van der Waals surface area (Å²) in [5, 5.41) is 0. The highest BCUT2D eigenvalue weighted by Gasteiger charge is 2.24. The fourth-order valence-corrected chi connectivity index (χ4v) is 1.88. The van der Waals surface area contributed by atoms with Crippen LogP contribution in [-0.2, 0) is 0 Å². The molecule has 2 nitrogen and oxygen atoms in total. The molecule has 0 amide bonds. The Morgan fingerprint density at radius 1 is 1.58 bits per heavy atom. The predicted molar refractivity (Wildman–Crippen MR) is 51.5 cm³/mol. The van der Waals surface area contributed by atoms with E-state index in [-0.39, 0.29) is 11.9 Å². The Kier molecular flexibility index (Phi) is 1.96. The summed E-state index contributed by atoms with van der Waals surface area (Å²) in [6.45, 7) is 0.381. The number of rotatable bonds is 0. The molecule has 64 valence electrons. The number of hydrogen-bond acceptors (Lipinski definition) is 2. The number of fused-ring (bicyclic) bond motifs is 1. The molecule has 0 aliphatic carbocycles. The van der Waals surface area contributed by atoms with Crippen molar-refractivity contribution < 1.29 is 9.13 Å². The van der Waals surface area contributed by atoms with Gasteiger partial charge in [-0.2, -0.15) is 0 Å². The standard InChI is InChI=1S/C8H7FINO/c9-6-2-4(10)1-5-7(11)3-12-8(5)6/h1-2,7H,3,11H2/t7-/m1/s1. The van der Waals surface area contributed by atoms with Crippen LogP contribution in [0.3, 0.4) is 0 Å². The minimum atomic E-state index is -0.315. The Morgan fingerprint density at radius 3 is 3.08 bits per heavy atom. The number of hydrogen-bond donors (Lipinski definition) is 1. The summed E-state index contributed by atoms with van der Waals surface area (Å²) in [5.74, 6) is 0.00719. The minimum absolute atomic E-state index is 0.177. The van der Waals surface area contributed by atoms with Gasteiger partial charge < -0.3 is 10.5 Å². The first-order chi connectivity index (χ1) is 5.68. The van der Waals surface area contributed by atoms with Crippen molar-refractivity contribution in [1.29, 1.82) is 0 Å². The molecule has 12 heavy (non-hydrogen) atoms. The lowest BCUT2D eigenvalue weighted by Crippen LogP contribution is -2.10. The van der Waals surface area contributed by atoms with Gasteiger partial charge in [0, 0.05) is 9.13 Å². The molecule has 2 N–H and O–H groups in total. The van der Waals surface area contributed by atoms with Crippen LogP contribution in [0.4, 0.5) is 4.39 Å². The highest BCUT2D eigenvalue weighted by atomic mass is 127. The van der Waals surface area contributed by atoms with Crippen molar-refractivity contribution in [2.45, 2.75) is 6.04 Å². The van der Waals surface area contributed by atoms with Crippen LogP contribution >= 0.6 is 22.6 Å². The summed E-state index contributed by atoms with van der Waals surface area (Å²) in [6.07, 6.45) is 0. The van der Waals surface area contributed by atoms with Crippen molar-refractivity contribution in [2.75, 3.05) is 6.61 Å². The Labute approximate surface area is 83.0 Å². The fraction of sp³-hybridized carbons (Fsp3) is 0.250. The van der Waals surface area contributed by atoms with E-state index in [1.165, 1.54) is 6.07 Å². The van der Waals surface area contributed by atoms with E-state index in [0.717, 1.165) is 9.13 Å². The zero-order valence-electron chi connectivity index (χ0n) is 6.18. The molecule has 0 unspecified atom stereocenters. The molecule has 1 aromatic carbocycles. The predicted octanol–water partition coefficient (Wildman–Crippen LogP) is 1.82. The molecule has 0 radical (unpaired) electrons. The third-order valence-electron chi connectivity index (χ3n) is 1.84. The minimum Gasteiger partial charge on any atom is -0.488 e. The van der Waals surface area contributed by atoms with Crippen LogP contribution in [0.25, 0.3) is 0 Å². The van der Waals surface area contributed by atoms with E-state index in [9.17, 15) is 4.39 Å². The molecule has 0 aromatic heterocycles. The van der Waals surface area contributed by atoms with Crippen LogP contribution in [-0.4, -0.2) is 6.61 Å². The zero-order valence-corrected chi connectivity index (χ0v) is 8.34. The third-order valence-corrected chi connectivity index (χ3v) is 2.47. The Hall–Kier alpha value is -0.360. The molecule has 1 atom stereocenters. The maximum absolute atomic E-state index is 13.1. The van der Waals surface area contributed by atoms with Crippen molar-refractivity contribution in [3.63, 3.8) is 0 Å². The van der Waals surface area contributed by atoms with Crippen LogP contribution in [0.15, 0.2) is 12.1 Å². The van der Waals surface area contributed by atoms with Crippen LogP contribution in [0.1, 0.15) is 11.6 Å². The molecule has 1 aliphatic rings. The van der Waals surface area contributed by atoms with E-state index in [1.54, 1.807) is 0 Å². The second-order valence-electron chi connectivity index (χ2n) is 2.72. The molecule has 0 fully saturated rings. The van der Waals surface area contributed by atoms with Gasteiger partial charge in [0.1, 0.15) is 6.61 Å². The second kappa shape index (κ2) is 2.85. The lowest BCUT2D eigenvalue weighted by molar-refractivity contribution is 0.319. The zero-order chi connectivity index (χ0) is 8.72. The average molecular weight is 279 g/mol. The molecule has 1 aromatic rings. The van der Waals surface area contributed by atoms with E-state index < -0.39 is 0 Å². The van der Waals surface area contributed by atoms with Gasteiger partial charge in [-0.1, -0.05) is 0 Å². The molecule has 1 aliphatic heterocycles. The lowest BCUT2D eigenvalue weighted by Gasteiger charge is -2.01. The second-order valence-corrected chi connectivity index (χ2v) is 3.97. The van der Waals surface area contributed by atoms with Crippen molar-refractivity contribution in [3.05, 3.63) is 27.1 Å². The first-order valence-corrected chi connectivity index (χ1v) is 4.63. The van der Waals surface area contributed by atoms with Gasteiger partial charge in [-0.05, 0) is 34.7 Å². The average Bonchev–Trinajstić information content (AvgIpc) is 2.33. The molecule has 1 heterocycles. The summed E-state index contributed by atoms with van der Waals surface area (Å²) in [7, 11) is 0. The monoisotopic (exact) mass is 279 g/mol. The van der Waals surface area contributed by atoms with Crippen LogP contribution in [0.5, 0.6) is 5.75 Å². The van der Waals surface area contributed by atoms with Gasteiger partial charge in [0.2, 0.25) is 0 Å². The van der Waals surface area contributed by atoms with Crippen LogP contribution in [0, 0.1) is 9.39 Å². The summed E-state index contributed by atoms with van der Waals surface area (Å²) in [5.41, 5.74) is 6.47. The Morgan fingerprint density at radius 2 is 2.33 bits per heavy atom. The Bertz CT molecular complexity index is 329. The highest BCUT2D eigenvalue weighted by Crippen LogP contribution is 2.34. The van der Waals surface area contributed by atoms with E-state index in [4.69, 9.17) is 10.5 Å². The summed E-state index contributed by atoms with van der Waals surface area (Å²) in [6, 6.07) is 3.12. The normalized spacial score (nSPS) is 20.4. The van der Waals surface area contributed by atoms with Crippen LogP contribution < -0.4 is 10.5 Å². The molecule has 0 bridgehead atoms. The van der Waals surface area contributed by atoms with Gasteiger partial charge >= 0.3 is 0 Å². The summed E-state index contributed by atoms with van der Waals surface area (Å²) in [4.78, 5) is 0. The Balaban J connectivity index is 2.60. The number of benzene rings is 1.